The van der Waals surface area contributed by atoms with E-state index in [-0.39, 0.29) is 18.7 Å². The Labute approximate surface area is 123 Å². The van der Waals surface area contributed by atoms with Crippen LogP contribution in [0.25, 0.3) is 0 Å². The normalized spacial score (nSPS) is 12.5. The van der Waals surface area contributed by atoms with Crippen LogP contribution >= 0.6 is 0 Å². The number of benzene rings is 1. The molecule has 0 saturated carbocycles. The van der Waals surface area contributed by atoms with Crippen molar-refractivity contribution in [2.45, 2.75) is 18.9 Å². The quantitative estimate of drug-likeness (QED) is 0.792. The fourth-order valence-corrected chi connectivity index (χ4v) is 1.53. The molecule has 0 heterocycles. The van der Waals surface area contributed by atoms with Crippen LogP contribution in [-0.4, -0.2) is 43.1 Å². The molecule has 122 valence electrons. The Balaban J connectivity index is 2.49. The summed E-state index contributed by atoms with van der Waals surface area (Å²) < 4.78 is 44.3. The minimum absolute atomic E-state index is 0.109. The molecule has 1 rings (SSSR count). The van der Waals surface area contributed by atoms with E-state index in [1.54, 1.807) is 0 Å². The second kappa shape index (κ2) is 7.64. The summed E-state index contributed by atoms with van der Waals surface area (Å²) in [5.74, 6) is -2.08. The van der Waals surface area contributed by atoms with Crippen molar-refractivity contribution in [1.29, 1.82) is 0 Å². The van der Waals surface area contributed by atoms with Crippen LogP contribution in [0.4, 0.5) is 13.2 Å². The molecule has 1 aromatic carbocycles. The Bertz CT molecular complexity index is 515. The lowest BCUT2D eigenvalue weighted by Crippen LogP contribution is -2.38. The van der Waals surface area contributed by atoms with Crippen molar-refractivity contribution < 1.29 is 37.3 Å². The SMILES string of the molecule is COC(CNC(=O)Cc1ccc(OC(F)(F)F)cc1)C(=O)O. The molecule has 0 aliphatic heterocycles. The molecule has 0 aliphatic rings. The minimum atomic E-state index is -4.77. The summed E-state index contributed by atoms with van der Waals surface area (Å²) >= 11 is 0. The number of carboxylic acid groups (broad SMARTS) is 1. The highest BCUT2D eigenvalue weighted by atomic mass is 19.4. The first-order valence-corrected chi connectivity index (χ1v) is 6.08. The molecule has 9 heteroatoms. The molecule has 1 unspecified atom stereocenters. The van der Waals surface area contributed by atoms with Crippen molar-refractivity contribution in [2.24, 2.45) is 0 Å². The van der Waals surface area contributed by atoms with Crippen molar-refractivity contribution in [3.8, 4) is 5.75 Å². The third-order valence-corrected chi connectivity index (χ3v) is 2.57. The number of aliphatic carboxylic acids is 1. The van der Waals surface area contributed by atoms with E-state index in [0.717, 1.165) is 12.1 Å². The second-order valence-corrected chi connectivity index (χ2v) is 4.24. The summed E-state index contributed by atoms with van der Waals surface area (Å²) in [6.07, 6.45) is -6.04. The number of nitrogens with one attached hydrogen (secondary N) is 1. The molecule has 1 aromatic rings. The molecule has 22 heavy (non-hydrogen) atoms. The summed E-state index contributed by atoms with van der Waals surface area (Å²) in [4.78, 5) is 22.3. The molecule has 0 radical (unpaired) electrons. The van der Waals surface area contributed by atoms with E-state index in [1.807, 2.05) is 0 Å². The maximum absolute atomic E-state index is 12.0. The van der Waals surface area contributed by atoms with Crippen LogP contribution in [-0.2, 0) is 20.7 Å². The summed E-state index contributed by atoms with van der Waals surface area (Å²) in [5, 5.41) is 11.1. The zero-order valence-electron chi connectivity index (χ0n) is 11.5. The number of carbonyl (C=O) groups excluding carboxylic acids is 1. The van der Waals surface area contributed by atoms with E-state index in [0.29, 0.717) is 5.56 Å². The number of halogens is 3. The van der Waals surface area contributed by atoms with E-state index in [4.69, 9.17) is 5.11 Å². The van der Waals surface area contributed by atoms with E-state index in [2.05, 4.69) is 14.8 Å². The molecule has 0 aliphatic carbocycles. The fraction of sp³-hybridized carbons (Fsp3) is 0.385. The van der Waals surface area contributed by atoms with Crippen LogP contribution in [0.5, 0.6) is 5.75 Å². The van der Waals surface area contributed by atoms with Gasteiger partial charge in [0.25, 0.3) is 0 Å². The maximum atomic E-state index is 12.0. The molecule has 0 saturated heterocycles. The number of carbonyl (C=O) groups is 2. The van der Waals surface area contributed by atoms with Crippen LogP contribution in [0.2, 0.25) is 0 Å². The van der Waals surface area contributed by atoms with Crippen molar-refractivity contribution >= 4 is 11.9 Å². The molecule has 0 aromatic heterocycles. The average molecular weight is 321 g/mol. The van der Waals surface area contributed by atoms with E-state index in [9.17, 15) is 22.8 Å². The molecule has 2 N–H and O–H groups in total. The third-order valence-electron chi connectivity index (χ3n) is 2.57. The highest BCUT2D eigenvalue weighted by Crippen LogP contribution is 2.22. The lowest BCUT2D eigenvalue weighted by Gasteiger charge is -2.12. The van der Waals surface area contributed by atoms with Crippen LogP contribution in [0.1, 0.15) is 5.56 Å². The Morgan fingerprint density at radius 2 is 1.86 bits per heavy atom. The third kappa shape index (κ3) is 6.44. The Kier molecular flexibility index (Phi) is 6.17. The van der Waals surface area contributed by atoms with Gasteiger partial charge in [-0.2, -0.15) is 0 Å². The van der Waals surface area contributed by atoms with Crippen LogP contribution in [0.3, 0.4) is 0 Å². The number of hydrogen-bond acceptors (Lipinski definition) is 4. The molecule has 0 fully saturated rings. The predicted molar refractivity (Wildman–Crippen MR) is 68.3 cm³/mol. The van der Waals surface area contributed by atoms with Gasteiger partial charge in [0.15, 0.2) is 6.10 Å². The summed E-state index contributed by atoms with van der Waals surface area (Å²) in [5.41, 5.74) is 0.455. The number of rotatable bonds is 7. The van der Waals surface area contributed by atoms with Gasteiger partial charge in [0, 0.05) is 7.11 Å². The lowest BCUT2D eigenvalue weighted by atomic mass is 10.1. The van der Waals surface area contributed by atoms with Crippen LogP contribution in [0.15, 0.2) is 24.3 Å². The lowest BCUT2D eigenvalue weighted by molar-refractivity contribution is -0.274. The first kappa shape index (κ1) is 17.8. The summed E-state index contributed by atoms with van der Waals surface area (Å²) in [6.45, 7) is -0.208. The Hall–Kier alpha value is -2.29. The van der Waals surface area contributed by atoms with Gasteiger partial charge in [-0.25, -0.2) is 4.79 Å². The average Bonchev–Trinajstić information content (AvgIpc) is 2.39. The number of alkyl halides is 3. The van der Waals surface area contributed by atoms with Crippen molar-refractivity contribution in [1.82, 2.24) is 5.32 Å². The number of carboxylic acids is 1. The number of hydrogen-bond donors (Lipinski definition) is 2. The molecule has 6 nitrogen and oxygen atoms in total. The summed E-state index contributed by atoms with van der Waals surface area (Å²) in [7, 11) is 1.20. The highest BCUT2D eigenvalue weighted by molar-refractivity contribution is 5.80. The maximum Gasteiger partial charge on any atom is 0.573 e. The smallest absolute Gasteiger partial charge is 0.479 e. The number of ether oxygens (including phenoxy) is 2. The highest BCUT2D eigenvalue weighted by Gasteiger charge is 2.30. The van der Waals surface area contributed by atoms with Crippen molar-refractivity contribution in [3.05, 3.63) is 29.8 Å². The zero-order valence-corrected chi connectivity index (χ0v) is 11.5. The van der Waals surface area contributed by atoms with Gasteiger partial charge in [-0.15, -0.1) is 13.2 Å². The second-order valence-electron chi connectivity index (χ2n) is 4.24. The van der Waals surface area contributed by atoms with E-state index in [1.165, 1.54) is 19.2 Å². The number of methoxy groups -OCH3 is 1. The Morgan fingerprint density at radius 3 is 2.32 bits per heavy atom. The van der Waals surface area contributed by atoms with E-state index >= 15 is 0 Å². The molecule has 0 bridgehead atoms. The number of amides is 1. The van der Waals surface area contributed by atoms with Gasteiger partial charge < -0.3 is 19.9 Å². The topological polar surface area (TPSA) is 84.9 Å². The van der Waals surface area contributed by atoms with E-state index < -0.39 is 24.3 Å². The minimum Gasteiger partial charge on any atom is -0.479 e. The molecular weight excluding hydrogens is 307 g/mol. The summed E-state index contributed by atoms with van der Waals surface area (Å²) in [6, 6.07) is 4.80. The standard InChI is InChI=1S/C13H14F3NO5/c1-21-10(12(19)20)7-17-11(18)6-8-2-4-9(5-3-8)22-13(14,15)16/h2-5,10H,6-7H2,1H3,(H,17,18)(H,19,20). The fourth-order valence-electron chi connectivity index (χ4n) is 1.53. The van der Waals surface area contributed by atoms with Gasteiger partial charge in [0.1, 0.15) is 5.75 Å². The van der Waals surface area contributed by atoms with Gasteiger partial charge >= 0.3 is 12.3 Å². The van der Waals surface area contributed by atoms with Gasteiger partial charge in [0.05, 0.1) is 13.0 Å². The van der Waals surface area contributed by atoms with Gasteiger partial charge in [-0.3, -0.25) is 4.79 Å². The largest absolute Gasteiger partial charge is 0.573 e. The van der Waals surface area contributed by atoms with Gasteiger partial charge in [0.2, 0.25) is 5.91 Å². The predicted octanol–water partition coefficient (Wildman–Crippen LogP) is 1.34. The zero-order chi connectivity index (χ0) is 16.8. The molecular formula is C13H14F3NO5. The van der Waals surface area contributed by atoms with Crippen LogP contribution in [0, 0.1) is 0 Å². The Morgan fingerprint density at radius 1 is 1.27 bits per heavy atom. The van der Waals surface area contributed by atoms with Gasteiger partial charge in [-0.05, 0) is 17.7 Å². The first-order chi connectivity index (χ1) is 10.2. The molecule has 1 atom stereocenters. The van der Waals surface area contributed by atoms with Gasteiger partial charge in [-0.1, -0.05) is 12.1 Å². The molecule has 1 amide bonds. The van der Waals surface area contributed by atoms with Crippen molar-refractivity contribution in [2.75, 3.05) is 13.7 Å². The first-order valence-electron chi connectivity index (χ1n) is 6.08. The monoisotopic (exact) mass is 321 g/mol. The van der Waals surface area contributed by atoms with Crippen molar-refractivity contribution in [3.63, 3.8) is 0 Å². The van der Waals surface area contributed by atoms with Crippen LogP contribution < -0.4 is 10.1 Å². The molecule has 0 spiro atoms.